The molecular formula is C27H30N2O3. The Hall–Kier alpha value is -3.60. The van der Waals surface area contributed by atoms with Crippen LogP contribution in [0.4, 0.5) is 11.4 Å². The fourth-order valence-corrected chi connectivity index (χ4v) is 3.58. The third kappa shape index (κ3) is 5.76. The second kappa shape index (κ2) is 11.1. The van der Waals surface area contributed by atoms with Crippen molar-refractivity contribution in [1.82, 2.24) is 0 Å². The molecule has 2 N–H and O–H groups in total. The fourth-order valence-electron chi connectivity index (χ4n) is 3.58. The molecule has 0 saturated heterocycles. The maximum Gasteiger partial charge on any atom is 0.262 e. The minimum atomic E-state index is -0.226. The minimum Gasteiger partial charge on any atom is -0.484 e. The third-order valence-electron chi connectivity index (χ3n) is 5.40. The van der Waals surface area contributed by atoms with Gasteiger partial charge in [-0.1, -0.05) is 57.2 Å². The van der Waals surface area contributed by atoms with Crippen molar-refractivity contribution in [2.24, 2.45) is 0 Å². The molecule has 0 aliphatic rings. The smallest absolute Gasteiger partial charge is 0.262 e. The van der Waals surface area contributed by atoms with E-state index in [9.17, 15) is 9.59 Å². The summed E-state index contributed by atoms with van der Waals surface area (Å²) in [5, 5.41) is 5.94. The molecule has 3 rings (SSSR count). The average Bonchev–Trinajstić information content (AvgIpc) is 2.83. The Morgan fingerprint density at radius 1 is 0.719 bits per heavy atom. The predicted octanol–water partition coefficient (Wildman–Crippen LogP) is 5.64. The average molecular weight is 431 g/mol. The standard InChI is InChI=1S/C27H30N2O3/c1-4-19-10-7-8-13-24(19)28-25(30)18-32-23-16-14-22(15-17-23)27(31)29-26-20(5-2)11-9-12-21(26)6-3/h7-17H,4-6,18H2,1-3H3,(H,28,30)(H,29,31). The molecule has 2 amide bonds. The highest BCUT2D eigenvalue weighted by molar-refractivity contribution is 6.05. The Balaban J connectivity index is 1.59. The number of hydrogen-bond donors (Lipinski definition) is 2. The van der Waals surface area contributed by atoms with Crippen LogP contribution in [-0.4, -0.2) is 18.4 Å². The number of amides is 2. The summed E-state index contributed by atoms with van der Waals surface area (Å²) in [6.07, 6.45) is 2.53. The first-order valence-electron chi connectivity index (χ1n) is 11.1. The lowest BCUT2D eigenvalue weighted by Crippen LogP contribution is -2.21. The van der Waals surface area contributed by atoms with E-state index in [0.717, 1.165) is 47.3 Å². The summed E-state index contributed by atoms with van der Waals surface area (Å²) in [4.78, 5) is 25.0. The molecule has 0 fully saturated rings. The van der Waals surface area contributed by atoms with Crippen molar-refractivity contribution >= 4 is 23.2 Å². The van der Waals surface area contributed by atoms with Gasteiger partial charge in [0.05, 0.1) is 0 Å². The van der Waals surface area contributed by atoms with Crippen LogP contribution in [0.5, 0.6) is 5.75 Å². The van der Waals surface area contributed by atoms with E-state index < -0.39 is 0 Å². The van der Waals surface area contributed by atoms with E-state index in [0.29, 0.717) is 11.3 Å². The van der Waals surface area contributed by atoms with E-state index in [1.807, 2.05) is 49.4 Å². The lowest BCUT2D eigenvalue weighted by atomic mass is 10.0. The van der Waals surface area contributed by atoms with Crippen LogP contribution < -0.4 is 15.4 Å². The van der Waals surface area contributed by atoms with Crippen molar-refractivity contribution in [3.8, 4) is 5.75 Å². The Labute approximate surface area is 189 Å². The Morgan fingerprint density at radius 2 is 1.31 bits per heavy atom. The lowest BCUT2D eigenvalue weighted by Gasteiger charge is -2.14. The van der Waals surface area contributed by atoms with Gasteiger partial charge in [-0.2, -0.15) is 0 Å². The molecular weight excluding hydrogens is 400 g/mol. The molecule has 0 aromatic heterocycles. The van der Waals surface area contributed by atoms with Gasteiger partial charge in [0.25, 0.3) is 11.8 Å². The van der Waals surface area contributed by atoms with Crippen LogP contribution in [0.25, 0.3) is 0 Å². The number of carbonyl (C=O) groups is 2. The van der Waals surface area contributed by atoms with Gasteiger partial charge in [-0.15, -0.1) is 0 Å². The molecule has 0 heterocycles. The zero-order valence-electron chi connectivity index (χ0n) is 18.9. The predicted molar refractivity (Wildman–Crippen MR) is 130 cm³/mol. The number of para-hydroxylation sites is 2. The molecule has 0 unspecified atom stereocenters. The van der Waals surface area contributed by atoms with Crippen LogP contribution in [0.2, 0.25) is 0 Å². The fraction of sp³-hybridized carbons (Fsp3) is 0.259. The highest BCUT2D eigenvalue weighted by Crippen LogP contribution is 2.24. The van der Waals surface area contributed by atoms with Crippen LogP contribution >= 0.6 is 0 Å². The van der Waals surface area contributed by atoms with Crippen molar-refractivity contribution in [3.63, 3.8) is 0 Å². The number of hydrogen-bond acceptors (Lipinski definition) is 3. The summed E-state index contributed by atoms with van der Waals surface area (Å²) >= 11 is 0. The van der Waals surface area contributed by atoms with Crippen molar-refractivity contribution < 1.29 is 14.3 Å². The van der Waals surface area contributed by atoms with Gasteiger partial charge in [-0.25, -0.2) is 0 Å². The van der Waals surface area contributed by atoms with Gasteiger partial charge in [0.1, 0.15) is 5.75 Å². The SMILES string of the molecule is CCc1ccccc1NC(=O)COc1ccc(C(=O)Nc2c(CC)cccc2CC)cc1. The Kier molecular flexibility index (Phi) is 8.03. The maximum atomic E-state index is 12.8. The van der Waals surface area contributed by atoms with E-state index in [1.54, 1.807) is 24.3 Å². The number of nitrogens with one attached hydrogen (secondary N) is 2. The van der Waals surface area contributed by atoms with Crippen LogP contribution in [0.15, 0.2) is 66.7 Å². The van der Waals surface area contributed by atoms with Gasteiger partial charge >= 0.3 is 0 Å². The first-order valence-corrected chi connectivity index (χ1v) is 11.1. The summed E-state index contributed by atoms with van der Waals surface area (Å²) in [5.41, 5.74) is 5.54. The van der Waals surface area contributed by atoms with E-state index >= 15 is 0 Å². The molecule has 0 atom stereocenters. The lowest BCUT2D eigenvalue weighted by molar-refractivity contribution is -0.118. The van der Waals surface area contributed by atoms with E-state index in [1.165, 1.54) is 0 Å². The molecule has 5 nitrogen and oxygen atoms in total. The van der Waals surface area contributed by atoms with Crippen molar-refractivity contribution in [2.75, 3.05) is 17.2 Å². The largest absolute Gasteiger partial charge is 0.484 e. The van der Waals surface area contributed by atoms with Crippen LogP contribution in [-0.2, 0) is 24.1 Å². The normalized spacial score (nSPS) is 10.5. The van der Waals surface area contributed by atoms with Gasteiger partial charge in [0, 0.05) is 16.9 Å². The molecule has 0 saturated carbocycles. The number of ether oxygens (including phenoxy) is 1. The molecule has 166 valence electrons. The van der Waals surface area contributed by atoms with Crippen molar-refractivity contribution in [1.29, 1.82) is 0 Å². The highest BCUT2D eigenvalue weighted by Gasteiger charge is 2.12. The zero-order valence-corrected chi connectivity index (χ0v) is 18.9. The first kappa shape index (κ1) is 23.1. The molecule has 3 aromatic carbocycles. The first-order chi connectivity index (χ1) is 15.5. The zero-order chi connectivity index (χ0) is 22.9. The number of anilines is 2. The topological polar surface area (TPSA) is 67.4 Å². The molecule has 3 aromatic rings. The molecule has 0 aliphatic carbocycles. The number of rotatable bonds is 9. The van der Waals surface area contributed by atoms with Crippen LogP contribution in [0.1, 0.15) is 47.8 Å². The number of aryl methyl sites for hydroxylation is 3. The Morgan fingerprint density at radius 3 is 1.94 bits per heavy atom. The molecule has 0 spiro atoms. The van der Waals surface area contributed by atoms with Crippen molar-refractivity contribution in [2.45, 2.75) is 40.0 Å². The van der Waals surface area contributed by atoms with Gasteiger partial charge in [-0.05, 0) is 66.3 Å². The molecule has 5 heteroatoms. The van der Waals surface area contributed by atoms with Gasteiger partial charge in [0.15, 0.2) is 6.61 Å². The monoisotopic (exact) mass is 430 g/mol. The maximum absolute atomic E-state index is 12.8. The van der Waals surface area contributed by atoms with Gasteiger partial charge < -0.3 is 15.4 Å². The summed E-state index contributed by atoms with van der Waals surface area (Å²) < 4.78 is 5.60. The molecule has 0 bridgehead atoms. The van der Waals surface area contributed by atoms with E-state index in [4.69, 9.17) is 4.74 Å². The molecule has 0 aliphatic heterocycles. The summed E-state index contributed by atoms with van der Waals surface area (Å²) in [6, 6.07) is 20.6. The second-order valence-electron chi connectivity index (χ2n) is 7.48. The summed E-state index contributed by atoms with van der Waals surface area (Å²) in [6.45, 7) is 6.09. The Bertz CT molecular complexity index is 1050. The summed E-state index contributed by atoms with van der Waals surface area (Å²) in [5.74, 6) is 0.140. The number of carbonyl (C=O) groups excluding carboxylic acids is 2. The quantitative estimate of drug-likeness (QED) is 0.461. The molecule has 0 radical (unpaired) electrons. The minimum absolute atomic E-state index is 0.104. The summed E-state index contributed by atoms with van der Waals surface area (Å²) in [7, 11) is 0. The van der Waals surface area contributed by atoms with Crippen molar-refractivity contribution in [3.05, 3.63) is 89.0 Å². The van der Waals surface area contributed by atoms with Gasteiger partial charge in [0.2, 0.25) is 0 Å². The third-order valence-corrected chi connectivity index (χ3v) is 5.40. The second-order valence-corrected chi connectivity index (χ2v) is 7.48. The van der Waals surface area contributed by atoms with Gasteiger partial charge in [-0.3, -0.25) is 9.59 Å². The van der Waals surface area contributed by atoms with Crippen LogP contribution in [0, 0.1) is 0 Å². The number of benzene rings is 3. The van der Waals surface area contributed by atoms with Crippen LogP contribution in [0.3, 0.4) is 0 Å². The molecule has 32 heavy (non-hydrogen) atoms. The van der Waals surface area contributed by atoms with E-state index in [-0.39, 0.29) is 18.4 Å². The highest BCUT2D eigenvalue weighted by atomic mass is 16.5. The van der Waals surface area contributed by atoms with E-state index in [2.05, 4.69) is 24.5 Å².